The molecule has 0 fully saturated rings. The van der Waals surface area contributed by atoms with Gasteiger partial charge in [0.25, 0.3) is 0 Å². The maximum absolute atomic E-state index is 5.32. The molecule has 1 aliphatic carbocycles. The monoisotopic (exact) mass is 196 g/mol. The third-order valence-corrected chi connectivity index (χ3v) is 2.59. The first-order chi connectivity index (χ1) is 6.61. The Morgan fingerprint density at radius 3 is 2.29 bits per heavy atom. The Kier molecular flexibility index (Phi) is 5.59. The molecule has 0 aliphatic heterocycles. The second kappa shape index (κ2) is 5.90. The van der Waals surface area contributed by atoms with Crippen molar-refractivity contribution in [2.75, 3.05) is 7.11 Å². The molecule has 0 amide bonds. The van der Waals surface area contributed by atoms with Crippen molar-refractivity contribution in [3.8, 4) is 0 Å². The molecule has 0 spiro atoms. The number of allylic oxidation sites excluding steroid dienone is 3. The molecule has 0 atom stereocenters. The fourth-order valence-electron chi connectivity index (χ4n) is 1.86. The van der Waals surface area contributed by atoms with E-state index in [1.807, 2.05) is 13.8 Å². The molecule has 0 heterocycles. The second-order valence-corrected chi connectivity index (χ2v) is 3.89. The zero-order chi connectivity index (χ0) is 11.2. The van der Waals surface area contributed by atoms with Crippen LogP contribution in [-0.4, -0.2) is 7.11 Å². The maximum Gasteiger partial charge on any atom is 0.118 e. The van der Waals surface area contributed by atoms with Crippen molar-refractivity contribution in [1.29, 1.82) is 0 Å². The topological polar surface area (TPSA) is 9.23 Å². The summed E-state index contributed by atoms with van der Waals surface area (Å²) in [5.74, 6) is 1.06. The highest BCUT2D eigenvalue weighted by molar-refractivity contribution is 5.29. The first kappa shape index (κ1) is 13.3. The molecule has 14 heavy (non-hydrogen) atoms. The first-order valence-corrected chi connectivity index (χ1v) is 5.56. The summed E-state index contributed by atoms with van der Waals surface area (Å²) in [5.41, 5.74) is 1.72. The van der Waals surface area contributed by atoms with Crippen LogP contribution in [0, 0.1) is 5.41 Å². The lowest BCUT2D eigenvalue weighted by atomic mass is 9.76. The van der Waals surface area contributed by atoms with Crippen molar-refractivity contribution in [3.63, 3.8) is 0 Å². The van der Waals surface area contributed by atoms with E-state index in [4.69, 9.17) is 4.74 Å². The van der Waals surface area contributed by atoms with Crippen LogP contribution in [0.4, 0.5) is 0 Å². The summed E-state index contributed by atoms with van der Waals surface area (Å²) >= 11 is 0. The fraction of sp³-hybridized carbons (Fsp3) is 0.692. The number of methoxy groups -OCH3 is 1. The Hall–Kier alpha value is -0.720. The Balaban J connectivity index is 0.000000791. The summed E-state index contributed by atoms with van der Waals surface area (Å²) < 4.78 is 5.32. The molecular weight excluding hydrogens is 172 g/mol. The minimum atomic E-state index is 0.287. The van der Waals surface area contributed by atoms with Gasteiger partial charge in [-0.1, -0.05) is 40.7 Å². The van der Waals surface area contributed by atoms with Crippen LogP contribution in [0.2, 0.25) is 0 Å². The van der Waals surface area contributed by atoms with Gasteiger partial charge in [0.15, 0.2) is 0 Å². The van der Waals surface area contributed by atoms with E-state index in [2.05, 4.69) is 32.9 Å². The van der Waals surface area contributed by atoms with E-state index in [0.29, 0.717) is 0 Å². The van der Waals surface area contributed by atoms with E-state index in [0.717, 1.165) is 18.6 Å². The SMILES string of the molecule is CC.CCC1=C(OC)C=CCC1(C)C. The maximum atomic E-state index is 5.32. The summed E-state index contributed by atoms with van der Waals surface area (Å²) in [6.07, 6.45) is 6.49. The third kappa shape index (κ3) is 2.90. The van der Waals surface area contributed by atoms with Gasteiger partial charge in [-0.15, -0.1) is 0 Å². The predicted octanol–water partition coefficient (Wildman–Crippen LogP) is 4.31. The van der Waals surface area contributed by atoms with Crippen molar-refractivity contribution in [2.24, 2.45) is 5.41 Å². The van der Waals surface area contributed by atoms with E-state index in [1.165, 1.54) is 5.57 Å². The van der Waals surface area contributed by atoms with E-state index in [9.17, 15) is 0 Å². The number of rotatable bonds is 2. The van der Waals surface area contributed by atoms with Gasteiger partial charge in [0.05, 0.1) is 7.11 Å². The van der Waals surface area contributed by atoms with Gasteiger partial charge < -0.3 is 4.74 Å². The number of ether oxygens (including phenoxy) is 1. The van der Waals surface area contributed by atoms with Gasteiger partial charge >= 0.3 is 0 Å². The van der Waals surface area contributed by atoms with Gasteiger partial charge in [-0.05, 0) is 29.9 Å². The summed E-state index contributed by atoms with van der Waals surface area (Å²) in [6, 6.07) is 0. The van der Waals surface area contributed by atoms with Gasteiger partial charge in [0, 0.05) is 0 Å². The van der Waals surface area contributed by atoms with Crippen molar-refractivity contribution in [2.45, 2.75) is 47.5 Å². The van der Waals surface area contributed by atoms with Crippen LogP contribution in [0.15, 0.2) is 23.5 Å². The molecule has 1 nitrogen and oxygen atoms in total. The summed E-state index contributed by atoms with van der Waals surface area (Å²) in [5, 5.41) is 0. The third-order valence-electron chi connectivity index (χ3n) is 2.59. The van der Waals surface area contributed by atoms with E-state index >= 15 is 0 Å². The molecule has 0 aromatic heterocycles. The van der Waals surface area contributed by atoms with Crippen LogP contribution >= 0.6 is 0 Å². The summed E-state index contributed by atoms with van der Waals surface area (Å²) in [6.45, 7) is 10.7. The highest BCUT2D eigenvalue weighted by Crippen LogP contribution is 2.38. The molecule has 0 saturated carbocycles. The molecular formula is C13H24O. The average molecular weight is 196 g/mol. The summed E-state index contributed by atoms with van der Waals surface area (Å²) in [7, 11) is 1.75. The average Bonchev–Trinajstić information content (AvgIpc) is 2.19. The normalized spacial score (nSPS) is 18.7. The van der Waals surface area contributed by atoms with E-state index in [1.54, 1.807) is 7.11 Å². The number of hydrogen-bond acceptors (Lipinski definition) is 1. The van der Waals surface area contributed by atoms with Crippen LogP contribution in [-0.2, 0) is 4.74 Å². The van der Waals surface area contributed by atoms with Gasteiger partial charge in [-0.3, -0.25) is 0 Å². The van der Waals surface area contributed by atoms with Crippen LogP contribution in [0.1, 0.15) is 47.5 Å². The Labute approximate surface area is 88.9 Å². The molecule has 82 valence electrons. The Bertz CT molecular complexity index is 221. The van der Waals surface area contributed by atoms with Crippen molar-refractivity contribution in [3.05, 3.63) is 23.5 Å². The molecule has 0 aromatic rings. The second-order valence-electron chi connectivity index (χ2n) is 3.89. The van der Waals surface area contributed by atoms with Crippen LogP contribution in [0.5, 0.6) is 0 Å². The molecule has 0 aromatic carbocycles. The largest absolute Gasteiger partial charge is 0.497 e. The highest BCUT2D eigenvalue weighted by atomic mass is 16.5. The van der Waals surface area contributed by atoms with E-state index in [-0.39, 0.29) is 5.41 Å². The van der Waals surface area contributed by atoms with Gasteiger partial charge in [0.1, 0.15) is 5.76 Å². The molecule has 0 saturated heterocycles. The smallest absolute Gasteiger partial charge is 0.118 e. The van der Waals surface area contributed by atoms with E-state index < -0.39 is 0 Å². The van der Waals surface area contributed by atoms with Crippen molar-refractivity contribution in [1.82, 2.24) is 0 Å². The van der Waals surface area contributed by atoms with Crippen LogP contribution < -0.4 is 0 Å². The lowest BCUT2D eigenvalue weighted by molar-refractivity contribution is 0.277. The first-order valence-electron chi connectivity index (χ1n) is 5.56. The molecule has 1 aliphatic rings. The zero-order valence-corrected chi connectivity index (χ0v) is 10.5. The minimum Gasteiger partial charge on any atom is -0.497 e. The van der Waals surface area contributed by atoms with Gasteiger partial charge in [-0.25, -0.2) is 0 Å². The van der Waals surface area contributed by atoms with Crippen molar-refractivity contribution >= 4 is 0 Å². The lowest BCUT2D eigenvalue weighted by Gasteiger charge is -2.30. The summed E-state index contributed by atoms with van der Waals surface area (Å²) in [4.78, 5) is 0. The minimum absolute atomic E-state index is 0.287. The molecule has 0 N–H and O–H groups in total. The molecule has 1 heteroatoms. The highest BCUT2D eigenvalue weighted by Gasteiger charge is 2.26. The Morgan fingerprint density at radius 2 is 1.93 bits per heavy atom. The Morgan fingerprint density at radius 1 is 1.36 bits per heavy atom. The molecule has 1 rings (SSSR count). The van der Waals surface area contributed by atoms with Gasteiger partial charge in [0.2, 0.25) is 0 Å². The standard InChI is InChI=1S/C11H18O.C2H6/c1-5-9-10(12-4)7-6-8-11(9,2)3;1-2/h6-7H,5,8H2,1-4H3;1-2H3. The van der Waals surface area contributed by atoms with Crippen LogP contribution in [0.25, 0.3) is 0 Å². The van der Waals surface area contributed by atoms with Gasteiger partial charge in [-0.2, -0.15) is 0 Å². The fourth-order valence-corrected chi connectivity index (χ4v) is 1.86. The molecule has 0 bridgehead atoms. The molecule has 0 unspecified atom stereocenters. The molecule has 0 radical (unpaired) electrons. The lowest BCUT2D eigenvalue weighted by Crippen LogP contribution is -2.18. The quantitative estimate of drug-likeness (QED) is 0.639. The number of hydrogen-bond donors (Lipinski definition) is 0. The predicted molar refractivity (Wildman–Crippen MR) is 63.2 cm³/mol. The zero-order valence-electron chi connectivity index (χ0n) is 10.5. The van der Waals surface area contributed by atoms with Crippen LogP contribution in [0.3, 0.4) is 0 Å². The van der Waals surface area contributed by atoms with Crippen molar-refractivity contribution < 1.29 is 4.74 Å².